The average Bonchev–Trinajstić information content (AvgIpc) is 3.32. The van der Waals surface area contributed by atoms with Gasteiger partial charge in [-0.05, 0) is 92.8 Å². The van der Waals surface area contributed by atoms with Crippen LogP contribution in [0, 0.1) is 11.6 Å². The molecular weight excluding hydrogens is 643 g/mol. The van der Waals surface area contributed by atoms with E-state index in [-0.39, 0.29) is 71.1 Å². The van der Waals surface area contributed by atoms with Gasteiger partial charge in [0.05, 0.1) is 23.5 Å². The summed E-state index contributed by atoms with van der Waals surface area (Å²) >= 11 is 0. The molecule has 14 heteroatoms. The number of anilines is 1. The second kappa shape index (κ2) is 16.1. The number of sulfonamides is 1. The molecule has 4 aromatic rings. The Bertz CT molecular complexity index is 1810. The molecule has 2 atom stereocenters. The first-order valence-corrected chi connectivity index (χ1v) is 16.0. The molecule has 1 heterocycles. The van der Waals surface area contributed by atoms with Crippen LogP contribution in [0.2, 0.25) is 0 Å². The molecule has 3 aromatic carbocycles. The number of carboxylic acids is 1. The zero-order chi connectivity index (χ0) is 33.8. The molecule has 6 N–H and O–H groups in total. The number of hydrogen-bond acceptors (Lipinski definition) is 6. The van der Waals surface area contributed by atoms with Gasteiger partial charge in [0.2, 0.25) is 10.0 Å². The van der Waals surface area contributed by atoms with Gasteiger partial charge in [-0.3, -0.25) is 9.59 Å². The summed E-state index contributed by atoms with van der Waals surface area (Å²) in [5.74, 6) is -2.77. The van der Waals surface area contributed by atoms with Crippen LogP contribution >= 0.6 is 0 Å². The number of nitrogens with two attached hydrogens (primary N) is 1. The molecule has 1 amide bonds. The maximum absolute atomic E-state index is 14.2. The molecule has 0 aliphatic rings. The third kappa shape index (κ3) is 9.57. The Hall–Kier alpha value is -3.43. The molecule has 10 nitrogen and oxygen atoms in total. The van der Waals surface area contributed by atoms with E-state index in [0.29, 0.717) is 27.9 Å². The number of rotatable bonds is 13. The van der Waals surface area contributed by atoms with Crippen LogP contribution in [0.15, 0.2) is 77.7 Å². The summed E-state index contributed by atoms with van der Waals surface area (Å²) in [6, 6.07) is 16.1. The SMILES string of the molecule is CC(C)n1c(CC[C@@H](O)C[C@@H](O)CC(=O)O)c(-c2ccc(F)cc2)c(-c2ccc(F)cc2)c1C(=O)Nc1ccc(S(N)(=O)=O)cc1.[NaH]. The second-order valence-electron chi connectivity index (χ2n) is 11.2. The number of hydrogen-bond donors (Lipinski definition) is 5. The Kier molecular flexibility index (Phi) is 13.0. The van der Waals surface area contributed by atoms with Crippen molar-refractivity contribution in [1.82, 2.24) is 4.57 Å². The molecule has 0 unspecified atom stereocenters. The summed E-state index contributed by atoms with van der Waals surface area (Å²) in [5, 5.41) is 37.8. The summed E-state index contributed by atoms with van der Waals surface area (Å²) in [5.41, 5.74) is 3.00. The number of carbonyl (C=O) groups is 2. The number of primary sulfonamides is 1. The van der Waals surface area contributed by atoms with Crippen molar-refractivity contribution < 1.29 is 42.1 Å². The Balaban J connectivity index is 0.00000600. The molecule has 1 aromatic heterocycles. The zero-order valence-electron chi connectivity index (χ0n) is 25.2. The molecule has 0 fully saturated rings. The number of aliphatic hydroxyl groups is 2. The van der Waals surface area contributed by atoms with E-state index in [2.05, 4.69) is 5.32 Å². The van der Waals surface area contributed by atoms with E-state index in [1.807, 2.05) is 13.8 Å². The van der Waals surface area contributed by atoms with Crippen molar-refractivity contribution in [2.24, 2.45) is 5.14 Å². The molecule has 4 rings (SSSR count). The third-order valence-corrected chi connectivity index (χ3v) is 8.34. The Morgan fingerprint density at radius 1 is 0.851 bits per heavy atom. The van der Waals surface area contributed by atoms with Gasteiger partial charge in [0.25, 0.3) is 5.91 Å². The van der Waals surface area contributed by atoms with Crippen LogP contribution in [0.5, 0.6) is 0 Å². The molecule has 0 saturated carbocycles. The van der Waals surface area contributed by atoms with Gasteiger partial charge in [0.1, 0.15) is 17.3 Å². The van der Waals surface area contributed by atoms with Crippen molar-refractivity contribution in [3.8, 4) is 22.3 Å². The van der Waals surface area contributed by atoms with Gasteiger partial charge in [-0.2, -0.15) is 0 Å². The number of benzene rings is 3. The summed E-state index contributed by atoms with van der Waals surface area (Å²) < 4.78 is 53.4. The zero-order valence-corrected chi connectivity index (χ0v) is 26.0. The predicted octanol–water partition coefficient (Wildman–Crippen LogP) is 4.45. The first-order valence-electron chi connectivity index (χ1n) is 14.5. The molecule has 0 aliphatic carbocycles. The van der Waals surface area contributed by atoms with Crippen LogP contribution in [0.3, 0.4) is 0 Å². The van der Waals surface area contributed by atoms with Crippen LogP contribution in [-0.4, -0.2) is 81.9 Å². The van der Waals surface area contributed by atoms with Gasteiger partial charge in [0.15, 0.2) is 0 Å². The number of amides is 1. The number of carbonyl (C=O) groups excluding carboxylic acids is 1. The van der Waals surface area contributed by atoms with Crippen LogP contribution < -0.4 is 10.5 Å². The number of aliphatic carboxylic acids is 1. The number of halogens is 2. The number of aliphatic hydroxyl groups excluding tert-OH is 2. The molecule has 0 saturated heterocycles. The molecule has 0 radical (unpaired) electrons. The second-order valence-corrected chi connectivity index (χ2v) is 12.8. The van der Waals surface area contributed by atoms with Crippen molar-refractivity contribution in [3.05, 3.63) is 95.8 Å². The summed E-state index contributed by atoms with van der Waals surface area (Å²) in [6.45, 7) is 3.69. The van der Waals surface area contributed by atoms with Crippen molar-refractivity contribution in [1.29, 1.82) is 0 Å². The fraction of sp³-hybridized carbons (Fsp3) is 0.273. The molecular formula is C33H36F2N3NaO7S. The van der Waals surface area contributed by atoms with E-state index in [4.69, 9.17) is 10.2 Å². The quantitative estimate of drug-likeness (QED) is 0.130. The minimum atomic E-state index is -3.97. The van der Waals surface area contributed by atoms with E-state index in [0.717, 1.165) is 0 Å². The first-order chi connectivity index (χ1) is 21.6. The van der Waals surface area contributed by atoms with E-state index in [1.54, 1.807) is 16.7 Å². The van der Waals surface area contributed by atoms with E-state index < -0.39 is 52.2 Å². The predicted molar refractivity (Wildman–Crippen MR) is 176 cm³/mol. The van der Waals surface area contributed by atoms with Crippen molar-refractivity contribution in [3.63, 3.8) is 0 Å². The molecule has 0 spiro atoms. The molecule has 0 bridgehead atoms. The Morgan fingerprint density at radius 2 is 1.36 bits per heavy atom. The topological polar surface area (TPSA) is 172 Å². The van der Waals surface area contributed by atoms with Crippen LogP contribution in [0.4, 0.5) is 14.5 Å². The van der Waals surface area contributed by atoms with Gasteiger partial charge in [-0.1, -0.05) is 24.3 Å². The van der Waals surface area contributed by atoms with E-state index in [1.165, 1.54) is 60.7 Å². The molecule has 0 aliphatic heterocycles. The molecule has 246 valence electrons. The van der Waals surface area contributed by atoms with Crippen LogP contribution in [-0.2, 0) is 21.2 Å². The average molecular weight is 680 g/mol. The van der Waals surface area contributed by atoms with Gasteiger partial charge < -0.3 is 25.2 Å². The van der Waals surface area contributed by atoms with Gasteiger partial charge in [-0.25, -0.2) is 22.3 Å². The standard InChI is InChI=1S/C33H35F2N3O7S.Na.H/c1-19(2)38-28(16-13-25(39)17-26(40)18-29(41)42)30(20-3-7-22(34)8-4-20)31(21-5-9-23(35)10-6-21)32(38)33(43)37-24-11-14-27(15-12-24)46(36,44)45;;/h3-12,14-15,19,25-26,39-40H,13,16-18H2,1-2H3,(H,37,43)(H,41,42)(H2,36,44,45);;/t25-,26-;;/m1../s1. The molecule has 47 heavy (non-hydrogen) atoms. The monoisotopic (exact) mass is 679 g/mol. The maximum atomic E-state index is 14.2. The third-order valence-electron chi connectivity index (χ3n) is 7.41. The summed E-state index contributed by atoms with van der Waals surface area (Å²) in [7, 11) is -3.97. The van der Waals surface area contributed by atoms with Gasteiger partial charge in [0, 0.05) is 28.6 Å². The fourth-order valence-corrected chi connectivity index (χ4v) is 5.96. The number of aromatic nitrogens is 1. The summed E-state index contributed by atoms with van der Waals surface area (Å²) in [6.07, 6.45) is -2.82. The first kappa shape index (κ1) is 38.0. The van der Waals surface area contributed by atoms with Gasteiger partial charge in [-0.15, -0.1) is 0 Å². The van der Waals surface area contributed by atoms with E-state index in [9.17, 15) is 37.0 Å². The Labute approximate surface area is 293 Å². The number of carboxylic acid groups (broad SMARTS) is 1. The Morgan fingerprint density at radius 3 is 1.83 bits per heavy atom. The van der Waals surface area contributed by atoms with E-state index >= 15 is 0 Å². The number of nitrogens with zero attached hydrogens (tertiary/aromatic N) is 1. The minimum absolute atomic E-state index is 0. The normalized spacial score (nSPS) is 12.8. The van der Waals surface area contributed by atoms with Crippen molar-refractivity contribution >= 4 is 57.1 Å². The van der Waals surface area contributed by atoms with Crippen molar-refractivity contribution in [2.45, 2.75) is 62.7 Å². The number of nitrogens with one attached hydrogen (secondary N) is 1. The van der Waals surface area contributed by atoms with Crippen LogP contribution in [0.1, 0.15) is 55.3 Å². The van der Waals surface area contributed by atoms with Crippen molar-refractivity contribution in [2.75, 3.05) is 5.32 Å². The fourth-order valence-electron chi connectivity index (χ4n) is 5.44. The van der Waals surface area contributed by atoms with Crippen LogP contribution in [0.25, 0.3) is 22.3 Å². The summed E-state index contributed by atoms with van der Waals surface area (Å²) in [4.78, 5) is 25.0. The van der Waals surface area contributed by atoms with Gasteiger partial charge >= 0.3 is 35.5 Å².